The molecular weight excluding hydrogens is 350 g/mol. The summed E-state index contributed by atoms with van der Waals surface area (Å²) in [5, 5.41) is 0. The van der Waals surface area contributed by atoms with Crippen molar-refractivity contribution in [2.45, 2.75) is 56.9 Å². The van der Waals surface area contributed by atoms with Gasteiger partial charge >= 0.3 is 0 Å². The molecule has 26 heavy (non-hydrogen) atoms. The summed E-state index contributed by atoms with van der Waals surface area (Å²) in [6, 6.07) is 7.10. The van der Waals surface area contributed by atoms with Crippen molar-refractivity contribution in [3.8, 4) is 0 Å². The van der Waals surface area contributed by atoms with Crippen molar-refractivity contribution in [2.75, 3.05) is 26.2 Å². The van der Waals surface area contributed by atoms with E-state index in [1.807, 2.05) is 19.1 Å². The third-order valence-corrected chi connectivity index (χ3v) is 6.80. The smallest absolute Gasteiger partial charge is 0.243 e. The Bertz CT molecular complexity index is 706. The Morgan fingerprint density at radius 2 is 1.65 bits per heavy atom. The molecule has 1 amide bonds. The van der Waals surface area contributed by atoms with Crippen LogP contribution in [0.25, 0.3) is 0 Å². The van der Waals surface area contributed by atoms with E-state index in [-0.39, 0.29) is 5.91 Å². The summed E-state index contributed by atoms with van der Waals surface area (Å²) in [6.07, 6.45) is 3.42. The average Bonchev–Trinajstić information content (AvgIpc) is 2.62. The van der Waals surface area contributed by atoms with E-state index in [0.717, 1.165) is 24.8 Å². The quantitative estimate of drug-likeness (QED) is 0.783. The molecule has 1 unspecified atom stereocenters. The Morgan fingerprint density at radius 3 is 2.15 bits per heavy atom. The highest BCUT2D eigenvalue weighted by atomic mass is 32.2. The third-order valence-electron chi connectivity index (χ3n) is 4.88. The van der Waals surface area contributed by atoms with E-state index >= 15 is 0 Å². The maximum Gasteiger partial charge on any atom is 0.243 e. The van der Waals surface area contributed by atoms with E-state index in [1.54, 1.807) is 24.0 Å². The number of aryl methyl sites for hydroxylation is 1. The van der Waals surface area contributed by atoms with Crippen LogP contribution in [0.15, 0.2) is 29.2 Å². The SMILES string of the molecule is CCCc1ccc(S(=O)(=O)N2CCN(C(=O)C(C)(N)CCC)CC2)cc1. The standard InChI is InChI=1S/C19H31N3O3S/c1-4-6-16-7-9-17(10-8-16)26(24,25)22-14-12-21(13-15-22)18(23)19(3,20)11-5-2/h7-10H,4-6,11-15,20H2,1-3H3. The molecule has 1 aromatic carbocycles. The molecule has 0 saturated carbocycles. The lowest BCUT2D eigenvalue weighted by Crippen LogP contribution is -2.58. The largest absolute Gasteiger partial charge is 0.338 e. The number of amides is 1. The van der Waals surface area contributed by atoms with Crippen LogP contribution >= 0.6 is 0 Å². The van der Waals surface area contributed by atoms with Crippen LogP contribution < -0.4 is 5.73 Å². The van der Waals surface area contributed by atoms with Gasteiger partial charge in [-0.25, -0.2) is 8.42 Å². The molecule has 1 aromatic rings. The van der Waals surface area contributed by atoms with Gasteiger partial charge in [-0.15, -0.1) is 0 Å². The number of piperazine rings is 1. The summed E-state index contributed by atoms with van der Waals surface area (Å²) >= 11 is 0. The zero-order valence-electron chi connectivity index (χ0n) is 16.1. The minimum atomic E-state index is -3.52. The summed E-state index contributed by atoms with van der Waals surface area (Å²) in [5.74, 6) is -0.0969. The fourth-order valence-corrected chi connectivity index (χ4v) is 4.81. The van der Waals surface area contributed by atoms with Gasteiger partial charge in [0.05, 0.1) is 10.4 Å². The van der Waals surface area contributed by atoms with Gasteiger partial charge in [0.15, 0.2) is 0 Å². The fourth-order valence-electron chi connectivity index (χ4n) is 3.38. The Kier molecular flexibility index (Phi) is 6.82. The molecule has 1 aliphatic heterocycles. The molecule has 7 heteroatoms. The topological polar surface area (TPSA) is 83.7 Å². The second-order valence-corrected chi connectivity index (χ2v) is 9.20. The molecule has 6 nitrogen and oxygen atoms in total. The average molecular weight is 382 g/mol. The zero-order valence-corrected chi connectivity index (χ0v) is 16.9. The second kappa shape index (κ2) is 8.50. The highest BCUT2D eigenvalue weighted by Crippen LogP contribution is 2.20. The molecule has 1 atom stereocenters. The molecule has 146 valence electrons. The first-order valence-electron chi connectivity index (χ1n) is 9.39. The number of rotatable bonds is 7. The van der Waals surface area contributed by atoms with E-state index < -0.39 is 15.6 Å². The van der Waals surface area contributed by atoms with Crippen molar-refractivity contribution in [1.29, 1.82) is 0 Å². The van der Waals surface area contributed by atoms with Gasteiger partial charge in [-0.3, -0.25) is 4.79 Å². The van der Waals surface area contributed by atoms with Crippen molar-refractivity contribution < 1.29 is 13.2 Å². The lowest BCUT2D eigenvalue weighted by atomic mass is 9.95. The molecule has 2 rings (SSSR count). The summed E-state index contributed by atoms with van der Waals surface area (Å²) in [7, 11) is -3.52. The lowest BCUT2D eigenvalue weighted by Gasteiger charge is -2.38. The first-order chi connectivity index (χ1) is 12.2. The van der Waals surface area contributed by atoms with Gasteiger partial charge in [0.25, 0.3) is 0 Å². The normalized spacial score (nSPS) is 18.5. The van der Waals surface area contributed by atoms with Gasteiger partial charge in [0.1, 0.15) is 0 Å². The summed E-state index contributed by atoms with van der Waals surface area (Å²) in [6.45, 7) is 7.19. The molecule has 1 aliphatic rings. The van der Waals surface area contributed by atoms with Gasteiger partial charge < -0.3 is 10.6 Å². The van der Waals surface area contributed by atoms with Crippen LogP contribution in [0.5, 0.6) is 0 Å². The monoisotopic (exact) mass is 381 g/mol. The van der Waals surface area contributed by atoms with Crippen LogP contribution in [0.3, 0.4) is 0 Å². The molecule has 0 aromatic heterocycles. The predicted molar refractivity (Wildman–Crippen MR) is 103 cm³/mol. The minimum absolute atomic E-state index is 0.0969. The number of hydrogen-bond acceptors (Lipinski definition) is 4. The molecule has 0 spiro atoms. The maximum atomic E-state index is 12.8. The van der Waals surface area contributed by atoms with Crippen LogP contribution in [0.2, 0.25) is 0 Å². The van der Waals surface area contributed by atoms with Crippen LogP contribution in [0.4, 0.5) is 0 Å². The Labute approximate surface area is 157 Å². The van der Waals surface area contributed by atoms with Crippen molar-refractivity contribution in [3.05, 3.63) is 29.8 Å². The number of sulfonamides is 1. The van der Waals surface area contributed by atoms with Crippen LogP contribution in [-0.2, 0) is 21.2 Å². The van der Waals surface area contributed by atoms with E-state index in [1.165, 1.54) is 4.31 Å². The fraction of sp³-hybridized carbons (Fsp3) is 0.632. The van der Waals surface area contributed by atoms with Gasteiger partial charge in [0, 0.05) is 26.2 Å². The Hall–Kier alpha value is -1.44. The summed E-state index contributed by atoms with van der Waals surface area (Å²) in [5.41, 5.74) is 6.38. The Balaban J connectivity index is 2.03. The number of hydrogen-bond donors (Lipinski definition) is 1. The molecule has 1 saturated heterocycles. The van der Waals surface area contributed by atoms with E-state index in [4.69, 9.17) is 5.73 Å². The highest BCUT2D eigenvalue weighted by Gasteiger charge is 2.36. The molecular formula is C19H31N3O3S. The van der Waals surface area contributed by atoms with Crippen molar-refractivity contribution >= 4 is 15.9 Å². The predicted octanol–water partition coefficient (Wildman–Crippen LogP) is 1.99. The zero-order chi connectivity index (χ0) is 19.4. The van der Waals surface area contributed by atoms with Gasteiger partial charge in [-0.2, -0.15) is 4.31 Å². The van der Waals surface area contributed by atoms with Gasteiger partial charge in [0.2, 0.25) is 15.9 Å². The van der Waals surface area contributed by atoms with E-state index in [0.29, 0.717) is 37.5 Å². The lowest BCUT2D eigenvalue weighted by molar-refractivity contribution is -0.137. The van der Waals surface area contributed by atoms with Gasteiger partial charge in [-0.05, 0) is 37.5 Å². The molecule has 0 radical (unpaired) electrons. The number of benzene rings is 1. The molecule has 2 N–H and O–H groups in total. The van der Waals surface area contributed by atoms with Crippen LogP contribution in [0, 0.1) is 0 Å². The number of nitrogens with zero attached hydrogens (tertiary/aromatic N) is 2. The molecule has 0 bridgehead atoms. The van der Waals surface area contributed by atoms with Crippen molar-refractivity contribution in [3.63, 3.8) is 0 Å². The molecule has 0 aliphatic carbocycles. The highest BCUT2D eigenvalue weighted by molar-refractivity contribution is 7.89. The summed E-state index contributed by atoms with van der Waals surface area (Å²) in [4.78, 5) is 14.6. The third kappa shape index (κ3) is 4.64. The number of nitrogens with two attached hydrogens (primary N) is 1. The first kappa shape index (κ1) is 20.9. The maximum absolute atomic E-state index is 12.8. The summed E-state index contributed by atoms with van der Waals surface area (Å²) < 4.78 is 27.1. The molecule has 1 fully saturated rings. The Morgan fingerprint density at radius 1 is 1.08 bits per heavy atom. The van der Waals surface area contributed by atoms with E-state index in [2.05, 4.69) is 6.92 Å². The van der Waals surface area contributed by atoms with E-state index in [9.17, 15) is 13.2 Å². The number of carbonyl (C=O) groups excluding carboxylic acids is 1. The van der Waals surface area contributed by atoms with Crippen molar-refractivity contribution in [2.24, 2.45) is 5.73 Å². The molecule has 1 heterocycles. The van der Waals surface area contributed by atoms with Crippen molar-refractivity contribution in [1.82, 2.24) is 9.21 Å². The first-order valence-corrected chi connectivity index (χ1v) is 10.8. The van der Waals surface area contributed by atoms with Crippen LogP contribution in [0.1, 0.15) is 45.6 Å². The number of carbonyl (C=O) groups is 1. The van der Waals surface area contributed by atoms with Crippen LogP contribution in [-0.4, -0.2) is 55.2 Å². The van der Waals surface area contributed by atoms with Gasteiger partial charge in [-0.1, -0.05) is 38.8 Å². The minimum Gasteiger partial charge on any atom is -0.338 e. The second-order valence-electron chi connectivity index (χ2n) is 7.26.